The number of carbonyl (C=O) groups excluding carboxylic acids is 2. The summed E-state index contributed by atoms with van der Waals surface area (Å²) in [6.07, 6.45) is 71.6. The van der Waals surface area contributed by atoms with Crippen LogP contribution in [0.5, 0.6) is 0 Å². The SMILES string of the molecule is CCCCCC/C=C\C/C=C\CCCCCCCC(=O)OCCCCCCCCCCCCCCCCCC(=O)NC(CO)C(O)/C=C/CCCCCCCCCCCCCCCCCCCC. The van der Waals surface area contributed by atoms with Crippen molar-refractivity contribution in [2.75, 3.05) is 13.2 Å². The van der Waals surface area contributed by atoms with Crippen LogP contribution in [0.4, 0.5) is 0 Å². The van der Waals surface area contributed by atoms with E-state index in [1.807, 2.05) is 6.08 Å². The first-order chi connectivity index (χ1) is 33.5. The van der Waals surface area contributed by atoms with E-state index < -0.39 is 12.1 Å². The third kappa shape index (κ3) is 53.4. The van der Waals surface area contributed by atoms with E-state index in [9.17, 15) is 19.8 Å². The minimum absolute atomic E-state index is 0.0137. The van der Waals surface area contributed by atoms with Crippen molar-refractivity contribution in [3.05, 3.63) is 36.5 Å². The number of allylic oxidation sites excluding steroid dienone is 5. The van der Waals surface area contributed by atoms with Crippen LogP contribution in [0.3, 0.4) is 0 Å². The highest BCUT2D eigenvalue weighted by Gasteiger charge is 2.18. The average Bonchev–Trinajstić information content (AvgIpc) is 3.34. The number of amides is 1. The minimum Gasteiger partial charge on any atom is -0.466 e. The fourth-order valence-electron chi connectivity index (χ4n) is 9.25. The lowest BCUT2D eigenvalue weighted by atomic mass is 10.0. The molecule has 0 aliphatic heterocycles. The van der Waals surface area contributed by atoms with Crippen LogP contribution in [-0.2, 0) is 14.3 Å². The van der Waals surface area contributed by atoms with Crippen LogP contribution >= 0.6 is 0 Å². The first-order valence-electron chi connectivity index (χ1n) is 30.3. The Labute approximate surface area is 424 Å². The maximum Gasteiger partial charge on any atom is 0.305 e. The van der Waals surface area contributed by atoms with Crippen LogP contribution in [0.25, 0.3) is 0 Å². The molecule has 0 spiro atoms. The highest BCUT2D eigenvalue weighted by atomic mass is 16.5. The third-order valence-electron chi connectivity index (χ3n) is 13.9. The number of aliphatic hydroxyl groups is 2. The summed E-state index contributed by atoms with van der Waals surface area (Å²) in [4.78, 5) is 24.5. The summed E-state index contributed by atoms with van der Waals surface area (Å²) in [6, 6.07) is -0.636. The Kier molecular flexibility index (Phi) is 56.0. The van der Waals surface area contributed by atoms with Crippen molar-refractivity contribution in [3.63, 3.8) is 0 Å². The summed E-state index contributed by atoms with van der Waals surface area (Å²) >= 11 is 0. The normalized spacial score (nSPS) is 12.8. The van der Waals surface area contributed by atoms with Crippen LogP contribution in [0, 0.1) is 0 Å². The van der Waals surface area contributed by atoms with Gasteiger partial charge >= 0.3 is 5.97 Å². The van der Waals surface area contributed by atoms with Gasteiger partial charge in [0.1, 0.15) is 0 Å². The van der Waals surface area contributed by atoms with E-state index in [0.717, 1.165) is 64.2 Å². The number of rotatable bonds is 56. The fraction of sp³-hybridized carbons (Fsp3) is 0.871. The van der Waals surface area contributed by atoms with Crippen molar-refractivity contribution in [3.8, 4) is 0 Å². The maximum absolute atomic E-state index is 12.5. The molecule has 0 saturated heterocycles. The van der Waals surface area contributed by atoms with E-state index >= 15 is 0 Å². The minimum atomic E-state index is -0.852. The molecular weight excluding hydrogens is 839 g/mol. The lowest BCUT2D eigenvalue weighted by Gasteiger charge is -2.20. The van der Waals surface area contributed by atoms with Gasteiger partial charge in [0.15, 0.2) is 0 Å². The molecule has 0 radical (unpaired) electrons. The van der Waals surface area contributed by atoms with Gasteiger partial charge in [-0.05, 0) is 64.2 Å². The van der Waals surface area contributed by atoms with E-state index in [4.69, 9.17) is 4.74 Å². The molecule has 6 nitrogen and oxygen atoms in total. The standard InChI is InChI=1S/C62H117NO5/c1-3-5-7-9-11-13-15-17-19-21-22-23-24-26-30-34-38-42-46-50-54-60(65)59(58-64)63-61(66)55-51-47-43-39-35-31-27-25-29-33-37-41-45-49-53-57-68-62(67)56-52-48-44-40-36-32-28-20-18-16-14-12-10-8-6-4-2/h14,16,20,28,50,54,59-60,64-65H,3-13,15,17-19,21-27,29-49,51-53,55-58H2,1-2H3,(H,63,66)/b16-14-,28-20-,54-50+. The maximum atomic E-state index is 12.5. The molecule has 0 saturated carbocycles. The Morgan fingerprint density at radius 3 is 1.13 bits per heavy atom. The zero-order valence-corrected chi connectivity index (χ0v) is 45.6. The molecule has 0 aromatic rings. The van der Waals surface area contributed by atoms with Crippen LogP contribution in [0.15, 0.2) is 36.5 Å². The van der Waals surface area contributed by atoms with Crippen molar-refractivity contribution in [1.29, 1.82) is 0 Å². The first-order valence-corrected chi connectivity index (χ1v) is 30.3. The van der Waals surface area contributed by atoms with E-state index in [1.54, 1.807) is 6.08 Å². The van der Waals surface area contributed by atoms with Gasteiger partial charge in [0, 0.05) is 12.8 Å². The number of nitrogens with one attached hydrogen (secondary N) is 1. The van der Waals surface area contributed by atoms with Crippen LogP contribution in [-0.4, -0.2) is 47.4 Å². The van der Waals surface area contributed by atoms with E-state index in [2.05, 4.69) is 43.5 Å². The van der Waals surface area contributed by atoms with Crippen molar-refractivity contribution in [2.45, 2.75) is 334 Å². The number of aliphatic hydroxyl groups excluding tert-OH is 2. The Morgan fingerprint density at radius 2 is 0.735 bits per heavy atom. The molecule has 2 atom stereocenters. The second-order valence-corrected chi connectivity index (χ2v) is 20.7. The van der Waals surface area contributed by atoms with Gasteiger partial charge in [0.25, 0.3) is 0 Å². The van der Waals surface area contributed by atoms with E-state index in [-0.39, 0.29) is 18.5 Å². The molecule has 0 bridgehead atoms. The molecule has 1 amide bonds. The predicted octanol–water partition coefficient (Wildman–Crippen LogP) is 18.8. The molecule has 6 heteroatoms. The molecule has 400 valence electrons. The van der Waals surface area contributed by atoms with E-state index in [1.165, 1.54) is 231 Å². The van der Waals surface area contributed by atoms with Gasteiger partial charge in [-0.3, -0.25) is 9.59 Å². The highest BCUT2D eigenvalue weighted by molar-refractivity contribution is 5.76. The Hall–Kier alpha value is -1.92. The van der Waals surface area contributed by atoms with Crippen molar-refractivity contribution in [2.24, 2.45) is 0 Å². The number of ether oxygens (including phenoxy) is 1. The largest absolute Gasteiger partial charge is 0.466 e. The molecule has 0 aromatic heterocycles. The zero-order chi connectivity index (χ0) is 49.3. The highest BCUT2D eigenvalue weighted by Crippen LogP contribution is 2.17. The molecule has 3 N–H and O–H groups in total. The van der Waals surface area contributed by atoms with Gasteiger partial charge in [0.05, 0.1) is 25.4 Å². The molecule has 68 heavy (non-hydrogen) atoms. The predicted molar refractivity (Wildman–Crippen MR) is 296 cm³/mol. The van der Waals surface area contributed by atoms with Gasteiger partial charge in [0.2, 0.25) is 5.91 Å². The van der Waals surface area contributed by atoms with Gasteiger partial charge in [-0.25, -0.2) is 0 Å². The summed E-state index contributed by atoms with van der Waals surface area (Å²) in [5.74, 6) is -0.0885. The Bertz CT molecular complexity index is 1100. The smallest absolute Gasteiger partial charge is 0.305 e. The van der Waals surface area contributed by atoms with Gasteiger partial charge in [-0.15, -0.1) is 0 Å². The topological polar surface area (TPSA) is 95.9 Å². The number of esters is 1. The summed E-state index contributed by atoms with van der Waals surface area (Å²) in [7, 11) is 0. The fourth-order valence-corrected chi connectivity index (χ4v) is 9.25. The second kappa shape index (κ2) is 57.7. The quantitative estimate of drug-likeness (QED) is 0.0321. The summed E-state index contributed by atoms with van der Waals surface area (Å²) in [6.45, 7) is 4.88. The molecule has 0 heterocycles. The number of hydrogen-bond acceptors (Lipinski definition) is 5. The molecule has 0 rings (SSSR count). The van der Waals surface area contributed by atoms with Crippen molar-refractivity contribution in [1.82, 2.24) is 5.32 Å². The summed E-state index contributed by atoms with van der Waals surface area (Å²) in [5, 5.41) is 23.2. The number of carbonyl (C=O) groups is 2. The second-order valence-electron chi connectivity index (χ2n) is 20.7. The van der Waals surface area contributed by atoms with Gasteiger partial charge in [-0.2, -0.15) is 0 Å². The third-order valence-corrected chi connectivity index (χ3v) is 13.9. The van der Waals surface area contributed by atoms with Crippen LogP contribution in [0.1, 0.15) is 322 Å². The van der Waals surface area contributed by atoms with Crippen LogP contribution < -0.4 is 5.32 Å². The van der Waals surface area contributed by atoms with Crippen LogP contribution in [0.2, 0.25) is 0 Å². The summed E-state index contributed by atoms with van der Waals surface area (Å²) < 4.78 is 5.47. The molecule has 0 fully saturated rings. The van der Waals surface area contributed by atoms with Crippen molar-refractivity contribution < 1.29 is 24.5 Å². The van der Waals surface area contributed by atoms with Crippen molar-refractivity contribution >= 4 is 11.9 Å². The monoisotopic (exact) mass is 956 g/mol. The van der Waals surface area contributed by atoms with Gasteiger partial charge < -0.3 is 20.3 Å². The molecule has 2 unspecified atom stereocenters. The molecular formula is C62H117NO5. The molecule has 0 aromatic carbocycles. The molecule has 0 aliphatic rings. The van der Waals surface area contributed by atoms with E-state index in [0.29, 0.717) is 19.4 Å². The Morgan fingerprint density at radius 1 is 0.412 bits per heavy atom. The average molecular weight is 957 g/mol. The lowest BCUT2D eigenvalue weighted by Crippen LogP contribution is -2.45. The number of hydrogen-bond donors (Lipinski definition) is 3. The number of unbranched alkanes of at least 4 members (excludes halogenated alkanes) is 41. The lowest BCUT2D eigenvalue weighted by molar-refractivity contribution is -0.143. The zero-order valence-electron chi connectivity index (χ0n) is 45.6. The first kappa shape index (κ1) is 66.1. The summed E-state index contributed by atoms with van der Waals surface area (Å²) in [5.41, 5.74) is 0. The Balaban J connectivity index is 3.47. The van der Waals surface area contributed by atoms with Gasteiger partial charge in [-0.1, -0.05) is 281 Å². The molecule has 0 aliphatic carbocycles.